The van der Waals surface area contributed by atoms with E-state index in [1.807, 2.05) is 0 Å². The summed E-state index contributed by atoms with van der Waals surface area (Å²) >= 11 is 0. The van der Waals surface area contributed by atoms with Crippen molar-refractivity contribution in [1.82, 2.24) is 0 Å². The van der Waals surface area contributed by atoms with E-state index in [4.69, 9.17) is 14.2 Å². The number of aliphatic hydroxyl groups excluding tert-OH is 7. The molecule has 23 heavy (non-hydrogen) atoms. The first kappa shape index (κ1) is 18.9. The molecule has 0 amide bonds. The monoisotopic (exact) mass is 340 g/mol. The molecule has 2 aliphatic heterocycles. The molecular weight excluding hydrogens is 316 g/mol. The Morgan fingerprint density at radius 1 is 0.783 bits per heavy atom. The van der Waals surface area contributed by atoms with Crippen LogP contribution in [0.5, 0.6) is 0 Å². The van der Waals surface area contributed by atoms with Crippen LogP contribution in [0.15, 0.2) is 0 Å². The van der Waals surface area contributed by atoms with Crippen molar-refractivity contribution in [2.75, 3.05) is 13.2 Å². The summed E-state index contributed by atoms with van der Waals surface area (Å²) in [5, 5.41) is 67.6. The number of hydrogen-bond donors (Lipinski definition) is 7. The molecule has 10 atom stereocenters. The van der Waals surface area contributed by atoms with Gasteiger partial charge in [0.15, 0.2) is 12.6 Å². The minimum atomic E-state index is -1.70. The molecule has 2 aliphatic rings. The fraction of sp³-hybridized carbons (Fsp3) is 1.00. The molecule has 10 nitrogen and oxygen atoms in total. The van der Waals surface area contributed by atoms with E-state index >= 15 is 0 Å². The standard InChI is InChI=1S/C13H24O10/c1-4-5(2-14)22-13(10(19)7(4)16)23-11-6(3-15)21-12(20)9(18)8(11)17/h4-20H,2-3H2,1H3/t4?,5-,6-,7+,8-,9?,10?,11?,12-,13+/m1/s1. The van der Waals surface area contributed by atoms with E-state index < -0.39 is 74.4 Å². The fourth-order valence-electron chi connectivity index (χ4n) is 2.78. The summed E-state index contributed by atoms with van der Waals surface area (Å²) in [6.07, 6.45) is -12.4. The number of aliphatic hydroxyl groups is 7. The highest BCUT2D eigenvalue weighted by molar-refractivity contribution is 4.92. The summed E-state index contributed by atoms with van der Waals surface area (Å²) in [5.74, 6) is -0.552. The first-order chi connectivity index (χ1) is 10.8. The molecule has 0 saturated carbocycles. The van der Waals surface area contributed by atoms with E-state index in [2.05, 4.69) is 0 Å². The molecule has 2 fully saturated rings. The summed E-state index contributed by atoms with van der Waals surface area (Å²) in [6, 6.07) is 0. The van der Waals surface area contributed by atoms with Crippen LogP contribution in [0.1, 0.15) is 6.92 Å². The van der Waals surface area contributed by atoms with Gasteiger partial charge in [-0.3, -0.25) is 0 Å². The van der Waals surface area contributed by atoms with Crippen molar-refractivity contribution >= 4 is 0 Å². The van der Waals surface area contributed by atoms with Crippen molar-refractivity contribution in [2.45, 2.75) is 62.2 Å². The summed E-state index contributed by atoms with van der Waals surface area (Å²) in [7, 11) is 0. The third kappa shape index (κ3) is 3.66. The Morgan fingerprint density at radius 2 is 1.39 bits per heavy atom. The molecule has 0 bridgehead atoms. The second-order valence-electron chi connectivity index (χ2n) is 5.90. The van der Waals surface area contributed by atoms with Gasteiger partial charge in [-0.25, -0.2) is 0 Å². The smallest absolute Gasteiger partial charge is 0.187 e. The lowest BCUT2D eigenvalue weighted by Gasteiger charge is -2.45. The third-order valence-electron chi connectivity index (χ3n) is 4.37. The molecule has 0 aromatic rings. The molecule has 0 spiro atoms. The molecule has 7 N–H and O–H groups in total. The molecule has 2 heterocycles. The Morgan fingerprint density at radius 3 is 1.96 bits per heavy atom. The molecular formula is C13H24O10. The largest absolute Gasteiger partial charge is 0.394 e. The van der Waals surface area contributed by atoms with Crippen molar-refractivity contribution in [3.63, 3.8) is 0 Å². The van der Waals surface area contributed by atoms with Crippen molar-refractivity contribution in [2.24, 2.45) is 5.92 Å². The predicted molar refractivity (Wildman–Crippen MR) is 71.8 cm³/mol. The zero-order valence-corrected chi connectivity index (χ0v) is 12.5. The Labute approximate surface area is 132 Å². The summed E-state index contributed by atoms with van der Waals surface area (Å²) in [4.78, 5) is 0. The van der Waals surface area contributed by atoms with Crippen LogP contribution >= 0.6 is 0 Å². The Bertz CT molecular complexity index is 378. The molecule has 0 aromatic carbocycles. The summed E-state index contributed by atoms with van der Waals surface area (Å²) in [6.45, 7) is 0.538. The maximum atomic E-state index is 10.0. The first-order valence-electron chi connectivity index (χ1n) is 7.40. The maximum absolute atomic E-state index is 10.0. The predicted octanol–water partition coefficient (Wildman–Crippen LogP) is -4.12. The number of rotatable bonds is 4. The van der Waals surface area contributed by atoms with Gasteiger partial charge in [-0.05, 0) is 0 Å². The van der Waals surface area contributed by atoms with Gasteiger partial charge < -0.3 is 50.0 Å². The molecule has 2 saturated heterocycles. The van der Waals surface area contributed by atoms with Gasteiger partial charge in [-0.1, -0.05) is 6.92 Å². The number of ether oxygens (including phenoxy) is 3. The Kier molecular flexibility index (Phi) is 6.30. The molecule has 0 aliphatic carbocycles. The van der Waals surface area contributed by atoms with Gasteiger partial charge >= 0.3 is 0 Å². The average molecular weight is 340 g/mol. The normalized spacial score (nSPS) is 51.7. The molecule has 136 valence electrons. The van der Waals surface area contributed by atoms with Crippen molar-refractivity contribution in [1.29, 1.82) is 0 Å². The zero-order chi connectivity index (χ0) is 17.3. The first-order valence-corrected chi connectivity index (χ1v) is 7.40. The maximum Gasteiger partial charge on any atom is 0.187 e. The zero-order valence-electron chi connectivity index (χ0n) is 12.5. The Balaban J connectivity index is 2.11. The molecule has 10 heteroatoms. The highest BCUT2D eigenvalue weighted by atomic mass is 16.7. The second-order valence-corrected chi connectivity index (χ2v) is 5.90. The van der Waals surface area contributed by atoms with Crippen LogP contribution < -0.4 is 0 Å². The van der Waals surface area contributed by atoms with Crippen LogP contribution in [0.3, 0.4) is 0 Å². The molecule has 2 rings (SSSR count). The van der Waals surface area contributed by atoms with Crippen molar-refractivity contribution < 1.29 is 50.0 Å². The van der Waals surface area contributed by atoms with Crippen LogP contribution in [0.2, 0.25) is 0 Å². The Hall–Kier alpha value is -0.400. The molecule has 0 radical (unpaired) electrons. The van der Waals surface area contributed by atoms with Gasteiger partial charge in [-0.15, -0.1) is 0 Å². The minimum Gasteiger partial charge on any atom is -0.394 e. The second kappa shape index (κ2) is 7.66. The highest BCUT2D eigenvalue weighted by Gasteiger charge is 2.49. The van der Waals surface area contributed by atoms with Crippen LogP contribution in [-0.4, -0.2) is 104 Å². The lowest BCUT2D eigenvalue weighted by molar-refractivity contribution is -0.350. The minimum absolute atomic E-state index is 0.417. The van der Waals surface area contributed by atoms with Crippen LogP contribution in [0.4, 0.5) is 0 Å². The lowest BCUT2D eigenvalue weighted by atomic mass is 9.91. The highest BCUT2D eigenvalue weighted by Crippen LogP contribution is 2.30. The number of hydrogen-bond acceptors (Lipinski definition) is 10. The third-order valence-corrected chi connectivity index (χ3v) is 4.37. The van der Waals surface area contributed by atoms with E-state index in [1.165, 1.54) is 0 Å². The van der Waals surface area contributed by atoms with E-state index in [1.54, 1.807) is 6.92 Å². The lowest BCUT2D eigenvalue weighted by Crippen LogP contribution is -2.63. The van der Waals surface area contributed by atoms with Crippen molar-refractivity contribution in [3.8, 4) is 0 Å². The fourth-order valence-corrected chi connectivity index (χ4v) is 2.78. The van der Waals surface area contributed by atoms with Crippen LogP contribution in [0, 0.1) is 5.92 Å². The topological polar surface area (TPSA) is 169 Å². The summed E-state index contributed by atoms with van der Waals surface area (Å²) < 4.78 is 15.7. The van der Waals surface area contributed by atoms with Crippen LogP contribution in [-0.2, 0) is 14.2 Å². The van der Waals surface area contributed by atoms with Crippen molar-refractivity contribution in [3.05, 3.63) is 0 Å². The van der Waals surface area contributed by atoms with Crippen LogP contribution in [0.25, 0.3) is 0 Å². The average Bonchev–Trinajstić information content (AvgIpc) is 2.55. The van der Waals surface area contributed by atoms with Gasteiger partial charge in [0.25, 0.3) is 0 Å². The van der Waals surface area contributed by atoms with E-state index in [-0.39, 0.29) is 0 Å². The van der Waals surface area contributed by atoms with Gasteiger partial charge in [0.1, 0.15) is 30.5 Å². The van der Waals surface area contributed by atoms with Gasteiger partial charge in [-0.2, -0.15) is 0 Å². The van der Waals surface area contributed by atoms with E-state index in [9.17, 15) is 35.7 Å². The van der Waals surface area contributed by atoms with E-state index in [0.717, 1.165) is 0 Å². The van der Waals surface area contributed by atoms with Gasteiger partial charge in [0.2, 0.25) is 0 Å². The molecule has 0 aromatic heterocycles. The molecule has 4 unspecified atom stereocenters. The summed E-state index contributed by atoms with van der Waals surface area (Å²) in [5.41, 5.74) is 0. The van der Waals surface area contributed by atoms with Gasteiger partial charge in [0.05, 0.1) is 25.4 Å². The SMILES string of the molecule is CC1[C@H](O)C(O)[C@H](OC2[C@H](O)C(O)[C@H](O)O[C@@H]2CO)O[C@@H]1CO. The quantitative estimate of drug-likeness (QED) is 0.267. The van der Waals surface area contributed by atoms with Gasteiger partial charge in [0, 0.05) is 5.92 Å². The van der Waals surface area contributed by atoms with E-state index in [0.29, 0.717) is 0 Å².